The van der Waals surface area contributed by atoms with Gasteiger partial charge in [0.15, 0.2) is 11.5 Å². The van der Waals surface area contributed by atoms with Crippen LogP contribution in [0, 0.1) is 35.4 Å². The molecule has 5 aliphatic rings. The molecule has 7 unspecified atom stereocenters. The van der Waals surface area contributed by atoms with Gasteiger partial charge in [-0.15, -0.1) is 23.5 Å². The lowest BCUT2D eigenvalue weighted by Gasteiger charge is -2.44. The minimum Gasteiger partial charge on any atom is -0.504 e. The van der Waals surface area contributed by atoms with Gasteiger partial charge in [-0.2, -0.15) is 0 Å². The molecule has 34 heavy (non-hydrogen) atoms. The Kier molecular flexibility index (Phi) is 5.03. The number of thioether (sulfide) groups is 2. The summed E-state index contributed by atoms with van der Waals surface area (Å²) in [5.41, 5.74) is 2.43. The average Bonchev–Trinajstić information content (AvgIpc) is 3.60. The molecule has 2 saturated carbocycles. The number of hydrogen-bond acceptors (Lipinski definition) is 6. The number of rotatable bonds is 4. The molecule has 1 saturated heterocycles. The largest absolute Gasteiger partial charge is 0.504 e. The Morgan fingerprint density at radius 3 is 2.68 bits per heavy atom. The third kappa shape index (κ3) is 3.12. The highest BCUT2D eigenvalue weighted by Crippen LogP contribution is 2.69. The molecule has 7 rings (SSSR count). The number of phenols is 1. The zero-order valence-electron chi connectivity index (χ0n) is 19.1. The highest BCUT2D eigenvalue weighted by atomic mass is 32.2. The standard InChI is InChI=1S/C27H29FN2O2S2/c1-2-32-22-9-14(3-8-21(22)31)23-24-17-10-18(25(24)34-27-26(23)33-13-29-27)20-12-30(11-19(17)20)16-6-4-15(28)5-7-16/h3-9,17-20,23-25,29,31H,2,10-13H2,1H3. The van der Waals surface area contributed by atoms with Gasteiger partial charge in [0, 0.05) is 34.8 Å². The number of anilines is 1. The zero-order chi connectivity index (χ0) is 23.0. The van der Waals surface area contributed by atoms with Crippen LogP contribution in [0.3, 0.4) is 0 Å². The molecular formula is C27H29FN2O2S2. The van der Waals surface area contributed by atoms with E-state index in [0.717, 1.165) is 36.5 Å². The molecule has 0 amide bonds. The molecule has 2 N–H and O–H groups in total. The number of ether oxygens (including phenoxy) is 1. The van der Waals surface area contributed by atoms with Gasteiger partial charge in [0.1, 0.15) is 5.82 Å². The Bertz CT molecular complexity index is 1160. The van der Waals surface area contributed by atoms with Crippen LogP contribution in [0.2, 0.25) is 0 Å². The van der Waals surface area contributed by atoms with Crippen molar-refractivity contribution in [1.82, 2.24) is 5.32 Å². The summed E-state index contributed by atoms with van der Waals surface area (Å²) < 4.78 is 19.3. The number of nitrogens with one attached hydrogen (secondary N) is 1. The van der Waals surface area contributed by atoms with Crippen molar-refractivity contribution in [2.24, 2.45) is 29.6 Å². The maximum Gasteiger partial charge on any atom is 0.161 e. The van der Waals surface area contributed by atoms with Crippen LogP contribution in [0.5, 0.6) is 11.5 Å². The molecule has 0 aromatic heterocycles. The molecule has 4 nitrogen and oxygen atoms in total. The van der Waals surface area contributed by atoms with Gasteiger partial charge >= 0.3 is 0 Å². The van der Waals surface area contributed by atoms with Crippen molar-refractivity contribution < 1.29 is 14.2 Å². The Morgan fingerprint density at radius 1 is 1.09 bits per heavy atom. The highest BCUT2D eigenvalue weighted by Gasteiger charge is 2.64. The molecule has 7 heteroatoms. The Morgan fingerprint density at radius 2 is 1.88 bits per heavy atom. The smallest absolute Gasteiger partial charge is 0.161 e. The quantitative estimate of drug-likeness (QED) is 0.574. The lowest BCUT2D eigenvalue weighted by atomic mass is 9.68. The molecule has 178 valence electrons. The maximum absolute atomic E-state index is 13.5. The van der Waals surface area contributed by atoms with Crippen LogP contribution in [-0.2, 0) is 0 Å². The number of fused-ring (bicyclic) bond motifs is 8. The number of phenolic OH excluding ortho intramolecular Hbond substituents is 1. The number of aromatic hydroxyl groups is 1. The minimum atomic E-state index is -0.167. The summed E-state index contributed by atoms with van der Waals surface area (Å²) >= 11 is 4.05. The monoisotopic (exact) mass is 496 g/mol. The third-order valence-corrected chi connectivity index (χ3v) is 11.5. The first-order valence-corrected chi connectivity index (χ1v) is 14.2. The fourth-order valence-electron chi connectivity index (χ4n) is 7.58. The third-order valence-electron chi connectivity index (χ3n) is 8.79. The van der Waals surface area contributed by atoms with Gasteiger partial charge in [0.05, 0.1) is 17.5 Å². The second-order valence-electron chi connectivity index (χ2n) is 10.2. The van der Waals surface area contributed by atoms with E-state index in [2.05, 4.69) is 34.1 Å². The van der Waals surface area contributed by atoms with Gasteiger partial charge < -0.3 is 20.1 Å². The van der Waals surface area contributed by atoms with Crippen LogP contribution in [0.4, 0.5) is 10.1 Å². The molecule has 3 heterocycles. The van der Waals surface area contributed by atoms with Crippen LogP contribution in [0.25, 0.3) is 0 Å². The van der Waals surface area contributed by atoms with Crippen LogP contribution in [0.15, 0.2) is 52.4 Å². The van der Waals surface area contributed by atoms with E-state index in [-0.39, 0.29) is 11.6 Å². The fraction of sp³-hybridized carbons (Fsp3) is 0.481. The first-order chi connectivity index (χ1) is 16.6. The number of nitrogens with zero attached hydrogens (tertiary/aromatic N) is 1. The van der Waals surface area contributed by atoms with Gasteiger partial charge in [-0.25, -0.2) is 4.39 Å². The first-order valence-electron chi connectivity index (χ1n) is 12.4. The van der Waals surface area contributed by atoms with Gasteiger partial charge in [0.25, 0.3) is 0 Å². The molecule has 0 spiro atoms. The summed E-state index contributed by atoms with van der Waals surface area (Å²) in [7, 11) is 0. The number of halogens is 1. The summed E-state index contributed by atoms with van der Waals surface area (Å²) in [6, 6.07) is 13.1. The Hall–Kier alpha value is -1.99. The van der Waals surface area contributed by atoms with Crippen LogP contribution >= 0.6 is 23.5 Å². The second-order valence-corrected chi connectivity index (χ2v) is 12.4. The van der Waals surface area contributed by atoms with Crippen LogP contribution in [-0.4, -0.2) is 35.9 Å². The lowest BCUT2D eigenvalue weighted by Crippen LogP contribution is -2.41. The molecular weight excluding hydrogens is 467 g/mol. The lowest BCUT2D eigenvalue weighted by molar-refractivity contribution is 0.196. The van der Waals surface area contributed by atoms with E-state index >= 15 is 0 Å². The van der Waals surface area contributed by atoms with Crippen molar-refractivity contribution in [3.8, 4) is 11.5 Å². The SMILES string of the molecule is CCOc1cc(C2C3=C(NCS3)SC3C4CC(C5CN(c6ccc(F)cc6)CC54)C23)ccc1O. The Labute approximate surface area is 208 Å². The van der Waals surface area contributed by atoms with Crippen molar-refractivity contribution >= 4 is 29.2 Å². The van der Waals surface area contributed by atoms with Crippen molar-refractivity contribution in [3.05, 3.63) is 63.8 Å². The van der Waals surface area contributed by atoms with E-state index in [1.165, 1.54) is 21.9 Å². The van der Waals surface area contributed by atoms with E-state index in [1.54, 1.807) is 12.1 Å². The molecule has 3 aliphatic heterocycles. The average molecular weight is 497 g/mol. The summed E-state index contributed by atoms with van der Waals surface area (Å²) in [6.45, 7) is 4.67. The first kappa shape index (κ1) is 21.3. The van der Waals surface area contributed by atoms with Crippen molar-refractivity contribution in [3.63, 3.8) is 0 Å². The molecule has 0 radical (unpaired) electrons. The summed E-state index contributed by atoms with van der Waals surface area (Å²) in [5, 5.41) is 16.0. The van der Waals surface area contributed by atoms with Crippen LogP contribution < -0.4 is 15.0 Å². The number of benzene rings is 2. The molecule has 7 atom stereocenters. The minimum absolute atomic E-state index is 0.167. The Balaban J connectivity index is 1.24. The molecule has 2 aromatic rings. The van der Waals surface area contributed by atoms with E-state index in [1.807, 2.05) is 36.9 Å². The van der Waals surface area contributed by atoms with E-state index in [4.69, 9.17) is 4.74 Å². The number of allylic oxidation sites excluding steroid dienone is 1. The van der Waals surface area contributed by atoms with E-state index in [9.17, 15) is 9.50 Å². The predicted octanol–water partition coefficient (Wildman–Crippen LogP) is 5.61. The topological polar surface area (TPSA) is 44.7 Å². The molecule has 2 aromatic carbocycles. The van der Waals surface area contributed by atoms with Crippen molar-refractivity contribution in [1.29, 1.82) is 0 Å². The van der Waals surface area contributed by atoms with E-state index < -0.39 is 0 Å². The predicted molar refractivity (Wildman–Crippen MR) is 137 cm³/mol. The van der Waals surface area contributed by atoms with Gasteiger partial charge in [-0.05, 0) is 84.9 Å². The normalized spacial score (nSPS) is 35.2. The zero-order valence-corrected chi connectivity index (χ0v) is 20.7. The summed E-state index contributed by atoms with van der Waals surface area (Å²) in [6.07, 6.45) is 1.33. The number of hydrogen-bond donors (Lipinski definition) is 2. The van der Waals surface area contributed by atoms with Gasteiger partial charge in [-0.3, -0.25) is 0 Å². The van der Waals surface area contributed by atoms with Gasteiger partial charge in [0.2, 0.25) is 0 Å². The maximum atomic E-state index is 13.5. The van der Waals surface area contributed by atoms with Crippen LogP contribution in [0.1, 0.15) is 24.8 Å². The summed E-state index contributed by atoms with van der Waals surface area (Å²) in [5.74, 6) is 5.40. The molecule has 2 bridgehead atoms. The fourth-order valence-corrected chi connectivity index (χ4v) is 10.7. The summed E-state index contributed by atoms with van der Waals surface area (Å²) in [4.78, 5) is 3.98. The van der Waals surface area contributed by atoms with E-state index in [0.29, 0.717) is 41.3 Å². The molecule has 3 fully saturated rings. The van der Waals surface area contributed by atoms with Crippen molar-refractivity contribution in [2.45, 2.75) is 24.5 Å². The van der Waals surface area contributed by atoms with Crippen molar-refractivity contribution in [2.75, 3.05) is 30.5 Å². The molecule has 2 aliphatic carbocycles. The van der Waals surface area contributed by atoms with Gasteiger partial charge in [-0.1, -0.05) is 6.07 Å². The highest BCUT2D eigenvalue weighted by molar-refractivity contribution is 8.08. The second kappa shape index (κ2) is 8.02.